The van der Waals surface area contributed by atoms with E-state index in [1.54, 1.807) is 6.08 Å². The number of ether oxygens (including phenoxy) is 1. The lowest BCUT2D eigenvalue weighted by Crippen LogP contribution is -2.56. The fraction of sp³-hybridized carbons (Fsp3) is 0.560. The van der Waals surface area contributed by atoms with Gasteiger partial charge in [0.15, 0.2) is 6.61 Å². The van der Waals surface area contributed by atoms with Crippen LogP contribution >= 0.6 is 0 Å². The Bertz CT molecular complexity index is 841. The molecule has 4 fully saturated rings. The van der Waals surface area contributed by atoms with Crippen molar-refractivity contribution in [2.75, 3.05) is 6.61 Å². The average Bonchev–Trinajstić information content (AvgIpc) is 2.71. The van der Waals surface area contributed by atoms with Crippen LogP contribution in [0, 0.1) is 23.2 Å². The number of carbonyl (C=O) groups excluding carboxylic acids is 3. The van der Waals surface area contributed by atoms with Gasteiger partial charge >= 0.3 is 5.97 Å². The molecular weight excluding hydrogens is 392 g/mol. The van der Waals surface area contributed by atoms with Crippen molar-refractivity contribution in [3.63, 3.8) is 0 Å². The fourth-order valence-electron chi connectivity index (χ4n) is 6.40. The highest BCUT2D eigenvalue weighted by Crippen LogP contribution is 2.61. The first-order valence-electron chi connectivity index (χ1n) is 11.3. The van der Waals surface area contributed by atoms with Gasteiger partial charge in [0.1, 0.15) is 5.70 Å². The molecule has 4 aliphatic carbocycles. The van der Waals surface area contributed by atoms with Gasteiger partial charge in [0.05, 0.1) is 0 Å². The van der Waals surface area contributed by atoms with Crippen molar-refractivity contribution in [3.8, 4) is 0 Å². The third-order valence-corrected chi connectivity index (χ3v) is 7.36. The minimum Gasteiger partial charge on any atom is -0.451 e. The van der Waals surface area contributed by atoms with Gasteiger partial charge in [-0.1, -0.05) is 30.3 Å². The molecule has 4 aliphatic rings. The van der Waals surface area contributed by atoms with Crippen molar-refractivity contribution >= 4 is 23.9 Å². The normalized spacial score (nSPS) is 29.9. The molecule has 1 aromatic carbocycles. The predicted octanol–water partition coefficient (Wildman–Crippen LogP) is 3.43. The molecule has 4 saturated carbocycles. The number of rotatable bonds is 7. The van der Waals surface area contributed by atoms with Crippen molar-refractivity contribution in [2.45, 2.75) is 58.4 Å². The van der Waals surface area contributed by atoms with E-state index in [2.05, 4.69) is 17.6 Å². The van der Waals surface area contributed by atoms with Gasteiger partial charge in [0.2, 0.25) is 5.91 Å². The van der Waals surface area contributed by atoms with Gasteiger partial charge in [0.25, 0.3) is 5.91 Å². The summed E-state index contributed by atoms with van der Waals surface area (Å²) < 4.78 is 5.22. The lowest BCUT2D eigenvalue weighted by atomic mass is 9.48. The van der Waals surface area contributed by atoms with Gasteiger partial charge < -0.3 is 15.4 Å². The molecule has 6 heteroatoms. The molecule has 5 rings (SSSR count). The molecule has 0 aromatic heterocycles. The molecule has 166 valence electrons. The highest BCUT2D eigenvalue weighted by Gasteiger charge is 2.53. The monoisotopic (exact) mass is 424 g/mol. The Morgan fingerprint density at radius 3 is 2.19 bits per heavy atom. The smallest absolute Gasteiger partial charge is 0.355 e. The first-order chi connectivity index (χ1) is 14.8. The van der Waals surface area contributed by atoms with E-state index in [1.165, 1.54) is 45.4 Å². The van der Waals surface area contributed by atoms with Crippen LogP contribution in [0.5, 0.6) is 0 Å². The Hall–Kier alpha value is -2.63. The Morgan fingerprint density at radius 1 is 1.06 bits per heavy atom. The van der Waals surface area contributed by atoms with Gasteiger partial charge in [-0.05, 0) is 80.3 Å². The van der Waals surface area contributed by atoms with Gasteiger partial charge in [-0.2, -0.15) is 0 Å². The zero-order valence-corrected chi connectivity index (χ0v) is 18.4. The molecule has 4 bridgehead atoms. The Kier molecular flexibility index (Phi) is 6.17. The van der Waals surface area contributed by atoms with Crippen LogP contribution in [-0.4, -0.2) is 30.4 Å². The van der Waals surface area contributed by atoms with Crippen molar-refractivity contribution in [1.82, 2.24) is 10.6 Å². The zero-order chi connectivity index (χ0) is 22.0. The Morgan fingerprint density at radius 2 is 1.65 bits per heavy atom. The van der Waals surface area contributed by atoms with Crippen LogP contribution in [0.2, 0.25) is 0 Å². The third kappa shape index (κ3) is 5.00. The van der Waals surface area contributed by atoms with E-state index in [4.69, 9.17) is 4.74 Å². The maximum Gasteiger partial charge on any atom is 0.355 e. The third-order valence-electron chi connectivity index (χ3n) is 7.36. The summed E-state index contributed by atoms with van der Waals surface area (Å²) >= 11 is 0. The molecule has 0 heterocycles. The average molecular weight is 425 g/mol. The minimum atomic E-state index is -0.725. The van der Waals surface area contributed by atoms with Crippen LogP contribution in [0.15, 0.2) is 36.0 Å². The summed E-state index contributed by atoms with van der Waals surface area (Å²) in [6.45, 7) is 3.07. The molecule has 1 atom stereocenters. The number of hydrogen-bond donors (Lipinski definition) is 2. The number of nitrogens with one attached hydrogen (secondary N) is 2. The van der Waals surface area contributed by atoms with E-state index >= 15 is 0 Å². The summed E-state index contributed by atoms with van der Waals surface area (Å²) in [7, 11) is 0. The fourth-order valence-corrected chi connectivity index (χ4v) is 6.40. The van der Waals surface area contributed by atoms with Crippen LogP contribution < -0.4 is 10.6 Å². The van der Waals surface area contributed by atoms with Crippen LogP contribution in [-0.2, 0) is 19.1 Å². The minimum absolute atomic E-state index is 0.0145. The second kappa shape index (κ2) is 8.85. The quantitative estimate of drug-likeness (QED) is 0.519. The van der Waals surface area contributed by atoms with E-state index in [0.717, 1.165) is 23.3 Å². The molecule has 1 unspecified atom stereocenters. The number of benzene rings is 1. The number of carbonyl (C=O) groups is 3. The highest BCUT2D eigenvalue weighted by atomic mass is 16.5. The van der Waals surface area contributed by atoms with Crippen LogP contribution in [0.1, 0.15) is 57.9 Å². The summed E-state index contributed by atoms with van der Waals surface area (Å²) in [5, 5.41) is 5.60. The predicted molar refractivity (Wildman–Crippen MR) is 117 cm³/mol. The second-order valence-corrected chi connectivity index (χ2v) is 9.80. The number of esters is 1. The topological polar surface area (TPSA) is 84.5 Å². The van der Waals surface area contributed by atoms with Crippen molar-refractivity contribution in [1.29, 1.82) is 0 Å². The van der Waals surface area contributed by atoms with Gasteiger partial charge in [-0.25, -0.2) is 4.79 Å². The van der Waals surface area contributed by atoms with Crippen molar-refractivity contribution < 1.29 is 19.1 Å². The molecule has 1 aromatic rings. The van der Waals surface area contributed by atoms with E-state index in [9.17, 15) is 14.4 Å². The van der Waals surface area contributed by atoms with E-state index in [1.807, 2.05) is 30.3 Å². The molecular formula is C25H32N2O4. The molecule has 0 radical (unpaired) electrons. The highest BCUT2D eigenvalue weighted by molar-refractivity contribution is 5.98. The summed E-state index contributed by atoms with van der Waals surface area (Å²) in [6, 6.07) is 9.23. The number of amides is 2. The van der Waals surface area contributed by atoms with E-state index < -0.39 is 5.97 Å². The molecule has 0 saturated heterocycles. The summed E-state index contributed by atoms with van der Waals surface area (Å²) in [5.74, 6) is 1.04. The Labute approximate surface area is 183 Å². The second-order valence-electron chi connectivity index (χ2n) is 9.80. The lowest BCUT2D eigenvalue weighted by molar-refractivity contribution is -0.146. The molecule has 6 nitrogen and oxygen atoms in total. The molecule has 0 aliphatic heterocycles. The van der Waals surface area contributed by atoms with Gasteiger partial charge in [0, 0.05) is 13.0 Å². The first kappa shape index (κ1) is 21.6. The van der Waals surface area contributed by atoms with Crippen LogP contribution in [0.25, 0.3) is 6.08 Å². The van der Waals surface area contributed by atoms with Crippen molar-refractivity contribution in [3.05, 3.63) is 41.6 Å². The Balaban J connectivity index is 1.33. The SMILES string of the molecule is CC(=O)N/C(=C/c1ccccc1)C(=O)OCC(=O)NC(C)C12CC3CC(CC(C3)C1)C2. The molecule has 31 heavy (non-hydrogen) atoms. The molecule has 0 spiro atoms. The standard InChI is InChI=1S/C25H32N2O4/c1-16(25-12-19-8-20(13-25)10-21(9-19)14-25)26-23(29)15-31-24(30)22(27-17(2)28)11-18-6-4-3-5-7-18/h3-7,11,16,19-21H,8-10,12-15H2,1-2H3,(H,26,29)(H,27,28)/b22-11+. The lowest BCUT2D eigenvalue weighted by Gasteiger charge is -2.59. The van der Waals surface area contributed by atoms with E-state index in [-0.39, 0.29) is 35.6 Å². The molecule has 2 N–H and O–H groups in total. The van der Waals surface area contributed by atoms with E-state index in [0.29, 0.717) is 0 Å². The van der Waals surface area contributed by atoms with Crippen molar-refractivity contribution in [2.24, 2.45) is 23.2 Å². The first-order valence-corrected chi connectivity index (χ1v) is 11.3. The van der Waals surface area contributed by atoms with Gasteiger partial charge in [-0.15, -0.1) is 0 Å². The molecule has 2 amide bonds. The maximum atomic E-state index is 12.6. The summed E-state index contributed by atoms with van der Waals surface area (Å²) in [6.07, 6.45) is 9.22. The van der Waals surface area contributed by atoms with Crippen LogP contribution in [0.3, 0.4) is 0 Å². The maximum absolute atomic E-state index is 12.6. The summed E-state index contributed by atoms with van der Waals surface area (Å²) in [4.78, 5) is 36.6. The van der Waals surface area contributed by atoms with Crippen LogP contribution in [0.4, 0.5) is 0 Å². The zero-order valence-electron chi connectivity index (χ0n) is 18.4. The summed E-state index contributed by atoms with van der Waals surface area (Å²) in [5.41, 5.74) is 0.965. The largest absolute Gasteiger partial charge is 0.451 e. The number of hydrogen-bond acceptors (Lipinski definition) is 4. The van der Waals surface area contributed by atoms with Gasteiger partial charge in [-0.3, -0.25) is 9.59 Å².